The zero-order valence-electron chi connectivity index (χ0n) is 13.8. The summed E-state index contributed by atoms with van der Waals surface area (Å²) in [5, 5.41) is 0. The Morgan fingerprint density at radius 1 is 1.19 bits per heavy atom. The van der Waals surface area contributed by atoms with Crippen LogP contribution in [0.3, 0.4) is 0 Å². The van der Waals surface area contributed by atoms with Crippen LogP contribution in [0.5, 0.6) is 0 Å². The molecule has 0 radical (unpaired) electrons. The zero-order valence-corrected chi connectivity index (χ0v) is 13.8. The van der Waals surface area contributed by atoms with Gasteiger partial charge in [0.05, 0.1) is 6.61 Å². The standard InChI is InChI=1S/C19H28O2/c1-5-21-18(20)13-14-6-7-16(12-14)15-8-10-17(11-9-15)19(2,3)4/h8-11,14,16H,5-7,12-13H2,1-4H3/t14?,16-/m1/s1. The van der Waals surface area contributed by atoms with E-state index in [9.17, 15) is 4.79 Å². The number of hydrogen-bond donors (Lipinski definition) is 0. The monoisotopic (exact) mass is 288 g/mol. The molecular weight excluding hydrogens is 260 g/mol. The van der Waals surface area contributed by atoms with Crippen LogP contribution in [0.1, 0.15) is 70.4 Å². The third-order valence-corrected chi connectivity index (χ3v) is 4.55. The number of ether oxygens (including phenoxy) is 1. The largest absolute Gasteiger partial charge is 0.466 e. The molecule has 1 aromatic rings. The Labute approximate surface area is 128 Å². The van der Waals surface area contributed by atoms with Crippen molar-refractivity contribution in [2.75, 3.05) is 6.61 Å². The lowest BCUT2D eigenvalue weighted by Crippen LogP contribution is -2.11. The van der Waals surface area contributed by atoms with Crippen molar-refractivity contribution in [3.8, 4) is 0 Å². The number of carbonyl (C=O) groups is 1. The van der Waals surface area contributed by atoms with Gasteiger partial charge >= 0.3 is 5.97 Å². The molecule has 0 heterocycles. The van der Waals surface area contributed by atoms with Crippen LogP contribution in [0.15, 0.2) is 24.3 Å². The van der Waals surface area contributed by atoms with Crippen molar-refractivity contribution in [2.24, 2.45) is 5.92 Å². The van der Waals surface area contributed by atoms with Gasteiger partial charge in [0.15, 0.2) is 0 Å². The highest BCUT2D eigenvalue weighted by Gasteiger charge is 2.28. The van der Waals surface area contributed by atoms with Crippen molar-refractivity contribution in [2.45, 2.75) is 64.7 Å². The fourth-order valence-corrected chi connectivity index (χ4v) is 3.27. The van der Waals surface area contributed by atoms with Gasteiger partial charge in [-0.05, 0) is 54.6 Å². The van der Waals surface area contributed by atoms with E-state index in [-0.39, 0.29) is 11.4 Å². The normalized spacial score (nSPS) is 22.3. The average molecular weight is 288 g/mol. The summed E-state index contributed by atoms with van der Waals surface area (Å²) in [5.74, 6) is 1.07. The fourth-order valence-electron chi connectivity index (χ4n) is 3.27. The van der Waals surface area contributed by atoms with Gasteiger partial charge < -0.3 is 4.74 Å². The molecule has 0 bridgehead atoms. The first-order valence-corrected chi connectivity index (χ1v) is 8.16. The van der Waals surface area contributed by atoms with Crippen LogP contribution < -0.4 is 0 Å². The summed E-state index contributed by atoms with van der Waals surface area (Å²) in [5.41, 5.74) is 3.02. The summed E-state index contributed by atoms with van der Waals surface area (Å²) >= 11 is 0. The topological polar surface area (TPSA) is 26.3 Å². The summed E-state index contributed by atoms with van der Waals surface area (Å²) in [7, 11) is 0. The van der Waals surface area contributed by atoms with Crippen LogP contribution in [0, 0.1) is 5.92 Å². The van der Waals surface area contributed by atoms with Crippen molar-refractivity contribution in [1.29, 1.82) is 0 Å². The van der Waals surface area contributed by atoms with Gasteiger partial charge in [0, 0.05) is 6.42 Å². The average Bonchev–Trinajstić information content (AvgIpc) is 2.86. The van der Waals surface area contributed by atoms with Gasteiger partial charge in [-0.1, -0.05) is 45.0 Å². The molecule has 2 atom stereocenters. The van der Waals surface area contributed by atoms with Gasteiger partial charge in [-0.2, -0.15) is 0 Å². The number of benzene rings is 1. The molecule has 1 saturated carbocycles. The molecular formula is C19H28O2. The van der Waals surface area contributed by atoms with E-state index in [1.807, 2.05) is 6.92 Å². The van der Waals surface area contributed by atoms with Gasteiger partial charge in [-0.25, -0.2) is 0 Å². The van der Waals surface area contributed by atoms with E-state index in [1.165, 1.54) is 17.5 Å². The van der Waals surface area contributed by atoms with Crippen LogP contribution in [-0.2, 0) is 14.9 Å². The predicted molar refractivity (Wildman–Crippen MR) is 86.5 cm³/mol. The Balaban J connectivity index is 1.94. The van der Waals surface area contributed by atoms with E-state index in [2.05, 4.69) is 45.0 Å². The molecule has 0 spiro atoms. The highest BCUT2D eigenvalue weighted by Crippen LogP contribution is 2.40. The molecule has 0 N–H and O–H groups in total. The number of hydrogen-bond acceptors (Lipinski definition) is 2. The Morgan fingerprint density at radius 3 is 2.43 bits per heavy atom. The second kappa shape index (κ2) is 6.64. The van der Waals surface area contributed by atoms with Crippen LogP contribution in [0.2, 0.25) is 0 Å². The van der Waals surface area contributed by atoms with E-state index >= 15 is 0 Å². The van der Waals surface area contributed by atoms with Crippen molar-refractivity contribution < 1.29 is 9.53 Å². The van der Waals surface area contributed by atoms with Crippen molar-refractivity contribution in [1.82, 2.24) is 0 Å². The van der Waals surface area contributed by atoms with Gasteiger partial charge in [-0.3, -0.25) is 4.79 Å². The summed E-state index contributed by atoms with van der Waals surface area (Å²) in [6, 6.07) is 9.07. The lowest BCUT2D eigenvalue weighted by atomic mass is 9.85. The van der Waals surface area contributed by atoms with Crippen molar-refractivity contribution in [3.05, 3.63) is 35.4 Å². The van der Waals surface area contributed by atoms with E-state index in [4.69, 9.17) is 4.74 Å². The van der Waals surface area contributed by atoms with E-state index in [0.717, 1.165) is 12.8 Å². The summed E-state index contributed by atoms with van der Waals surface area (Å²) in [6.07, 6.45) is 4.04. The van der Waals surface area contributed by atoms with Gasteiger partial charge in [0.2, 0.25) is 0 Å². The molecule has 1 aromatic carbocycles. The van der Waals surface area contributed by atoms with Crippen LogP contribution in [0.4, 0.5) is 0 Å². The molecule has 2 heteroatoms. The molecule has 2 rings (SSSR count). The number of rotatable bonds is 4. The van der Waals surface area contributed by atoms with E-state index in [0.29, 0.717) is 24.9 Å². The SMILES string of the molecule is CCOC(=O)CC1CC[C@@H](c2ccc(C(C)(C)C)cc2)C1. The maximum absolute atomic E-state index is 11.6. The molecule has 1 fully saturated rings. The Kier molecular flexibility index (Phi) is 5.08. The highest BCUT2D eigenvalue weighted by atomic mass is 16.5. The quantitative estimate of drug-likeness (QED) is 0.742. The zero-order chi connectivity index (χ0) is 15.5. The van der Waals surface area contributed by atoms with Crippen molar-refractivity contribution >= 4 is 5.97 Å². The maximum atomic E-state index is 11.6. The second-order valence-electron chi connectivity index (χ2n) is 7.26. The Morgan fingerprint density at radius 2 is 1.86 bits per heavy atom. The van der Waals surface area contributed by atoms with E-state index < -0.39 is 0 Å². The fraction of sp³-hybridized carbons (Fsp3) is 0.632. The third-order valence-electron chi connectivity index (χ3n) is 4.55. The molecule has 116 valence electrons. The first-order valence-electron chi connectivity index (χ1n) is 8.16. The van der Waals surface area contributed by atoms with Crippen LogP contribution in [-0.4, -0.2) is 12.6 Å². The minimum Gasteiger partial charge on any atom is -0.466 e. The molecule has 1 aliphatic rings. The van der Waals surface area contributed by atoms with Gasteiger partial charge in [0.1, 0.15) is 0 Å². The Hall–Kier alpha value is -1.31. The van der Waals surface area contributed by atoms with Crippen LogP contribution in [0.25, 0.3) is 0 Å². The van der Waals surface area contributed by atoms with E-state index in [1.54, 1.807) is 0 Å². The smallest absolute Gasteiger partial charge is 0.306 e. The minimum absolute atomic E-state index is 0.0359. The number of esters is 1. The van der Waals surface area contributed by atoms with Crippen LogP contribution >= 0.6 is 0 Å². The maximum Gasteiger partial charge on any atom is 0.306 e. The van der Waals surface area contributed by atoms with Gasteiger partial charge in [-0.15, -0.1) is 0 Å². The molecule has 0 saturated heterocycles. The summed E-state index contributed by atoms with van der Waals surface area (Å²) in [4.78, 5) is 11.6. The molecule has 1 aliphatic carbocycles. The molecule has 0 amide bonds. The second-order valence-corrected chi connectivity index (χ2v) is 7.26. The number of carbonyl (C=O) groups excluding carboxylic acids is 1. The minimum atomic E-state index is -0.0359. The van der Waals surface area contributed by atoms with Gasteiger partial charge in [0.25, 0.3) is 0 Å². The lowest BCUT2D eigenvalue weighted by molar-refractivity contribution is -0.144. The lowest BCUT2D eigenvalue weighted by Gasteiger charge is -2.20. The predicted octanol–water partition coefficient (Wildman–Crippen LogP) is 4.82. The van der Waals surface area contributed by atoms with Crippen molar-refractivity contribution in [3.63, 3.8) is 0 Å². The molecule has 21 heavy (non-hydrogen) atoms. The first-order chi connectivity index (χ1) is 9.90. The summed E-state index contributed by atoms with van der Waals surface area (Å²) in [6.45, 7) is 9.09. The molecule has 2 nitrogen and oxygen atoms in total. The molecule has 0 aromatic heterocycles. The Bertz CT molecular complexity index is 467. The molecule has 1 unspecified atom stereocenters. The molecule has 0 aliphatic heterocycles. The third kappa shape index (κ3) is 4.33. The summed E-state index contributed by atoms with van der Waals surface area (Å²) < 4.78 is 5.06. The highest BCUT2D eigenvalue weighted by molar-refractivity contribution is 5.69. The first kappa shape index (κ1) is 16.1.